The lowest BCUT2D eigenvalue weighted by molar-refractivity contribution is -0.118. The van der Waals surface area contributed by atoms with Gasteiger partial charge in [-0.3, -0.25) is 4.79 Å². The molecule has 136 valence electrons. The van der Waals surface area contributed by atoms with Gasteiger partial charge in [0.25, 0.3) is 0 Å². The van der Waals surface area contributed by atoms with Gasteiger partial charge in [-0.1, -0.05) is 0 Å². The Hall–Kier alpha value is -1.22. The number of ether oxygens (including phenoxy) is 4. The van der Waals surface area contributed by atoms with Crippen LogP contribution in [-0.4, -0.2) is 77.8 Å². The molecule has 0 unspecified atom stereocenters. The van der Waals surface area contributed by atoms with E-state index in [2.05, 4.69) is 10.6 Å². The zero-order valence-corrected chi connectivity index (χ0v) is 14.2. The second-order valence-electron chi connectivity index (χ2n) is 4.67. The fraction of sp³-hybridized carbons (Fsp3) is 0.867. The van der Waals surface area contributed by atoms with Crippen molar-refractivity contribution in [2.45, 2.75) is 20.3 Å². The smallest absolute Gasteiger partial charge is 0.314 e. The lowest BCUT2D eigenvalue weighted by atomic mass is 10.3. The minimum absolute atomic E-state index is 0.112. The summed E-state index contributed by atoms with van der Waals surface area (Å²) in [4.78, 5) is 22.1. The van der Waals surface area contributed by atoms with Crippen LogP contribution in [0.4, 0.5) is 4.79 Å². The number of hydrogen-bond donors (Lipinski definition) is 2. The van der Waals surface area contributed by atoms with E-state index < -0.39 is 0 Å². The van der Waals surface area contributed by atoms with E-state index in [1.54, 1.807) is 0 Å². The number of nitrogens with one attached hydrogen (secondary N) is 2. The summed E-state index contributed by atoms with van der Waals surface area (Å²) in [7, 11) is 0. The molecule has 0 bridgehead atoms. The number of hydrogen-bond acceptors (Lipinski definition) is 6. The van der Waals surface area contributed by atoms with Crippen molar-refractivity contribution in [1.82, 2.24) is 10.6 Å². The highest BCUT2D eigenvalue weighted by atomic mass is 16.5. The third-order valence-electron chi connectivity index (χ3n) is 2.61. The van der Waals surface area contributed by atoms with Crippen molar-refractivity contribution in [3.05, 3.63) is 0 Å². The second kappa shape index (κ2) is 17.1. The van der Waals surface area contributed by atoms with Crippen LogP contribution in [0.25, 0.3) is 0 Å². The van der Waals surface area contributed by atoms with E-state index in [9.17, 15) is 9.59 Å². The number of carbonyl (C=O) groups excluding carboxylic acids is 2. The molecule has 0 spiro atoms. The Balaban J connectivity index is 3.17. The van der Waals surface area contributed by atoms with Crippen LogP contribution < -0.4 is 10.6 Å². The van der Waals surface area contributed by atoms with Crippen molar-refractivity contribution in [1.29, 1.82) is 0 Å². The third kappa shape index (κ3) is 18.7. The molecule has 23 heavy (non-hydrogen) atoms. The van der Waals surface area contributed by atoms with E-state index >= 15 is 0 Å². The fourth-order valence-corrected chi connectivity index (χ4v) is 1.44. The third-order valence-corrected chi connectivity index (χ3v) is 2.61. The molecule has 0 fully saturated rings. The highest BCUT2D eigenvalue weighted by Gasteiger charge is 1.99. The van der Waals surface area contributed by atoms with Crippen LogP contribution in [0.1, 0.15) is 20.3 Å². The van der Waals surface area contributed by atoms with Gasteiger partial charge in [0, 0.05) is 26.1 Å². The Bertz CT molecular complexity index is 302. The van der Waals surface area contributed by atoms with Crippen molar-refractivity contribution < 1.29 is 28.5 Å². The first-order chi connectivity index (χ1) is 11.2. The monoisotopic (exact) mass is 334 g/mol. The summed E-state index contributed by atoms with van der Waals surface area (Å²) in [5, 5.41) is 5.35. The van der Waals surface area contributed by atoms with Crippen LogP contribution in [-0.2, 0) is 23.7 Å². The van der Waals surface area contributed by atoms with Gasteiger partial charge in [-0.25, -0.2) is 4.79 Å². The molecule has 0 atom stereocenters. The van der Waals surface area contributed by atoms with Gasteiger partial charge in [0.05, 0.1) is 46.2 Å². The van der Waals surface area contributed by atoms with Gasteiger partial charge in [0.15, 0.2) is 0 Å². The van der Waals surface area contributed by atoms with Crippen molar-refractivity contribution >= 4 is 11.8 Å². The molecule has 0 rings (SSSR count). The molecular formula is C15H30N2O6. The standard InChI is InChI=1S/C15H30N2O6/c1-3-20-10-11-22-8-5-16-15(19)17-6-9-23-13-12-21-7-4-14(2)18/h3-13H2,1-2H3,(H2,16,17,19). The Kier molecular flexibility index (Phi) is 16.2. The molecule has 0 aliphatic rings. The van der Waals surface area contributed by atoms with Crippen molar-refractivity contribution in [2.75, 3.05) is 65.9 Å². The van der Waals surface area contributed by atoms with E-state index in [0.717, 1.165) is 0 Å². The van der Waals surface area contributed by atoms with E-state index in [4.69, 9.17) is 18.9 Å². The molecular weight excluding hydrogens is 304 g/mol. The van der Waals surface area contributed by atoms with Gasteiger partial charge in [0.2, 0.25) is 0 Å². The molecule has 0 aromatic heterocycles. The quantitative estimate of drug-likeness (QED) is 0.396. The summed E-state index contributed by atoms with van der Waals surface area (Å²) < 4.78 is 20.9. The molecule has 8 nitrogen and oxygen atoms in total. The number of ketones is 1. The number of urea groups is 1. The van der Waals surface area contributed by atoms with E-state index in [1.165, 1.54) is 6.92 Å². The van der Waals surface area contributed by atoms with Gasteiger partial charge < -0.3 is 29.6 Å². The van der Waals surface area contributed by atoms with E-state index in [-0.39, 0.29) is 11.8 Å². The van der Waals surface area contributed by atoms with Crippen molar-refractivity contribution in [3.63, 3.8) is 0 Å². The average Bonchev–Trinajstić information content (AvgIpc) is 2.52. The van der Waals surface area contributed by atoms with Gasteiger partial charge in [-0.05, 0) is 13.8 Å². The largest absolute Gasteiger partial charge is 0.379 e. The summed E-state index contributed by atoms with van der Waals surface area (Å²) in [5.41, 5.74) is 0. The maximum Gasteiger partial charge on any atom is 0.314 e. The Morgan fingerprint density at radius 3 is 1.70 bits per heavy atom. The van der Waals surface area contributed by atoms with E-state index in [0.29, 0.717) is 72.4 Å². The Labute approximate surface area is 138 Å². The first-order valence-electron chi connectivity index (χ1n) is 7.99. The van der Waals surface area contributed by atoms with Crippen molar-refractivity contribution in [3.8, 4) is 0 Å². The van der Waals surface area contributed by atoms with Crippen LogP contribution >= 0.6 is 0 Å². The first kappa shape index (κ1) is 21.8. The Morgan fingerprint density at radius 2 is 1.22 bits per heavy atom. The predicted octanol–water partition coefficient (Wildman–Crippen LogP) is 0.351. The lowest BCUT2D eigenvalue weighted by Gasteiger charge is -2.09. The maximum absolute atomic E-state index is 11.4. The molecule has 0 saturated carbocycles. The number of amides is 2. The summed E-state index contributed by atoms with van der Waals surface area (Å²) in [6.07, 6.45) is 0.428. The molecule has 0 aromatic rings. The summed E-state index contributed by atoms with van der Waals surface area (Å²) >= 11 is 0. The maximum atomic E-state index is 11.4. The number of Topliss-reactive ketones (excluding diaryl/α,β-unsaturated/α-hetero) is 1. The molecule has 0 saturated heterocycles. The zero-order valence-electron chi connectivity index (χ0n) is 14.2. The lowest BCUT2D eigenvalue weighted by Crippen LogP contribution is -2.39. The first-order valence-corrected chi connectivity index (χ1v) is 7.99. The fourth-order valence-electron chi connectivity index (χ4n) is 1.44. The average molecular weight is 334 g/mol. The molecule has 0 heterocycles. The number of rotatable bonds is 16. The van der Waals surface area contributed by atoms with Gasteiger partial charge in [-0.15, -0.1) is 0 Å². The summed E-state index contributed by atoms with van der Waals surface area (Å²) in [6, 6.07) is -0.250. The molecule has 0 aliphatic carbocycles. The van der Waals surface area contributed by atoms with Crippen LogP contribution in [0.3, 0.4) is 0 Å². The highest BCUT2D eigenvalue weighted by molar-refractivity contribution is 5.75. The van der Waals surface area contributed by atoms with Crippen LogP contribution in [0.2, 0.25) is 0 Å². The summed E-state index contributed by atoms with van der Waals surface area (Å²) in [6.45, 7) is 8.27. The Morgan fingerprint density at radius 1 is 0.739 bits per heavy atom. The predicted molar refractivity (Wildman–Crippen MR) is 85.6 cm³/mol. The molecule has 2 N–H and O–H groups in total. The number of carbonyl (C=O) groups is 2. The highest BCUT2D eigenvalue weighted by Crippen LogP contribution is 1.85. The van der Waals surface area contributed by atoms with Gasteiger partial charge in [-0.2, -0.15) is 0 Å². The molecule has 0 aromatic carbocycles. The molecule has 0 aliphatic heterocycles. The van der Waals surface area contributed by atoms with Crippen molar-refractivity contribution in [2.24, 2.45) is 0 Å². The minimum atomic E-state index is -0.250. The minimum Gasteiger partial charge on any atom is -0.379 e. The summed E-state index contributed by atoms with van der Waals surface area (Å²) in [5.74, 6) is 0.112. The van der Waals surface area contributed by atoms with Crippen LogP contribution in [0.5, 0.6) is 0 Å². The van der Waals surface area contributed by atoms with Gasteiger partial charge >= 0.3 is 6.03 Å². The van der Waals surface area contributed by atoms with Crippen LogP contribution in [0.15, 0.2) is 0 Å². The SMILES string of the molecule is CCOCCOCCNC(=O)NCCOCCOCCC(C)=O. The molecule has 2 amide bonds. The molecule has 8 heteroatoms. The van der Waals surface area contributed by atoms with Gasteiger partial charge in [0.1, 0.15) is 5.78 Å². The molecule has 0 radical (unpaired) electrons. The second-order valence-corrected chi connectivity index (χ2v) is 4.67. The zero-order chi connectivity index (χ0) is 17.2. The van der Waals surface area contributed by atoms with E-state index in [1.807, 2.05) is 6.92 Å². The van der Waals surface area contributed by atoms with Crippen LogP contribution in [0, 0.1) is 0 Å². The topological polar surface area (TPSA) is 95.1 Å². The normalized spacial score (nSPS) is 10.5.